The molecule has 1 aliphatic heterocycles. The zero-order valence-electron chi connectivity index (χ0n) is 8.19. The minimum Gasteiger partial charge on any atom is -0.365 e. The third-order valence-electron chi connectivity index (χ3n) is 2.73. The first-order valence-corrected chi connectivity index (χ1v) is 5.71. The maximum absolute atomic E-state index is 8.60. The van der Waals surface area contributed by atoms with Gasteiger partial charge in [-0.05, 0) is 31.2 Å². The average molecular weight is 207 g/mol. The highest BCUT2D eigenvalue weighted by Crippen LogP contribution is 2.41. The van der Waals surface area contributed by atoms with Crippen molar-refractivity contribution in [3.8, 4) is 6.07 Å². The van der Waals surface area contributed by atoms with Crippen LogP contribution in [0.2, 0.25) is 0 Å². The molecular formula is C11H13NOS. The molecule has 0 spiro atoms. The second kappa shape index (κ2) is 3.72. The Hall–Kier alpha value is -0.850. The quantitative estimate of drug-likeness (QED) is 0.746. The second-order valence-electron chi connectivity index (χ2n) is 3.85. The SMILES string of the molecule is CC1(c2cccs2)CCC(CC#N)O1. The summed E-state index contributed by atoms with van der Waals surface area (Å²) in [6, 6.07) is 6.33. The molecule has 0 bridgehead atoms. The first-order chi connectivity index (χ1) is 6.74. The molecule has 1 aromatic rings. The summed E-state index contributed by atoms with van der Waals surface area (Å²) in [5.74, 6) is 0. The predicted octanol–water partition coefficient (Wildman–Crippen LogP) is 3.06. The number of ether oxygens (including phenoxy) is 1. The molecule has 1 fully saturated rings. The van der Waals surface area contributed by atoms with Crippen molar-refractivity contribution in [2.24, 2.45) is 0 Å². The van der Waals surface area contributed by atoms with Crippen LogP contribution in [0.25, 0.3) is 0 Å². The average Bonchev–Trinajstić information content (AvgIpc) is 2.75. The van der Waals surface area contributed by atoms with Gasteiger partial charge in [-0.25, -0.2) is 0 Å². The van der Waals surface area contributed by atoms with E-state index in [0.29, 0.717) is 6.42 Å². The lowest BCUT2D eigenvalue weighted by molar-refractivity contribution is -0.0276. The minimum absolute atomic E-state index is 0.132. The lowest BCUT2D eigenvalue weighted by Gasteiger charge is -2.22. The molecule has 0 amide bonds. The summed E-state index contributed by atoms with van der Waals surface area (Å²) in [5.41, 5.74) is -0.143. The largest absolute Gasteiger partial charge is 0.365 e. The van der Waals surface area contributed by atoms with Crippen LogP contribution in [0.1, 0.15) is 31.1 Å². The van der Waals surface area contributed by atoms with Gasteiger partial charge in [-0.15, -0.1) is 11.3 Å². The third kappa shape index (κ3) is 1.68. The van der Waals surface area contributed by atoms with E-state index in [0.717, 1.165) is 12.8 Å². The first kappa shape index (κ1) is 9.70. The molecule has 0 aliphatic carbocycles. The van der Waals surface area contributed by atoms with E-state index in [1.54, 1.807) is 11.3 Å². The van der Waals surface area contributed by atoms with Gasteiger partial charge in [0.15, 0.2) is 0 Å². The van der Waals surface area contributed by atoms with Crippen LogP contribution in [0.15, 0.2) is 17.5 Å². The summed E-state index contributed by atoms with van der Waals surface area (Å²) < 4.78 is 5.92. The number of hydrogen-bond acceptors (Lipinski definition) is 3. The molecule has 1 aliphatic rings. The molecule has 1 aromatic heterocycles. The molecule has 0 saturated carbocycles. The molecule has 74 valence electrons. The Balaban J connectivity index is 2.10. The van der Waals surface area contributed by atoms with Gasteiger partial charge in [0.25, 0.3) is 0 Å². The Morgan fingerprint density at radius 1 is 1.79 bits per heavy atom. The third-order valence-corrected chi connectivity index (χ3v) is 3.85. The van der Waals surface area contributed by atoms with Crippen LogP contribution in [-0.2, 0) is 10.3 Å². The van der Waals surface area contributed by atoms with Crippen molar-refractivity contribution in [1.82, 2.24) is 0 Å². The number of hydrogen-bond donors (Lipinski definition) is 0. The summed E-state index contributed by atoms with van der Waals surface area (Å²) in [4.78, 5) is 1.28. The molecule has 0 N–H and O–H groups in total. The van der Waals surface area contributed by atoms with Crippen LogP contribution in [0.4, 0.5) is 0 Å². The van der Waals surface area contributed by atoms with Crippen molar-refractivity contribution in [2.75, 3.05) is 0 Å². The van der Waals surface area contributed by atoms with Crippen LogP contribution in [-0.4, -0.2) is 6.10 Å². The van der Waals surface area contributed by atoms with E-state index in [1.807, 2.05) is 6.07 Å². The Kier molecular flexibility index (Phi) is 2.58. The topological polar surface area (TPSA) is 33.0 Å². The van der Waals surface area contributed by atoms with Gasteiger partial charge in [-0.2, -0.15) is 5.26 Å². The minimum atomic E-state index is -0.143. The van der Waals surface area contributed by atoms with E-state index in [2.05, 4.69) is 24.4 Å². The molecular weight excluding hydrogens is 194 g/mol. The lowest BCUT2D eigenvalue weighted by Crippen LogP contribution is -2.20. The molecule has 2 nitrogen and oxygen atoms in total. The highest BCUT2D eigenvalue weighted by atomic mass is 32.1. The summed E-state index contributed by atoms with van der Waals surface area (Å²) in [5, 5.41) is 10.7. The van der Waals surface area contributed by atoms with Gasteiger partial charge in [-0.1, -0.05) is 6.07 Å². The number of thiophene rings is 1. The maximum atomic E-state index is 8.60. The van der Waals surface area contributed by atoms with E-state index < -0.39 is 0 Å². The standard InChI is InChI=1S/C11H13NOS/c1-11(10-3-2-8-14-10)6-4-9(13-11)5-7-12/h2-3,8-9H,4-6H2,1H3. The van der Waals surface area contributed by atoms with Gasteiger partial charge in [0.2, 0.25) is 0 Å². The van der Waals surface area contributed by atoms with Crippen molar-refractivity contribution in [3.05, 3.63) is 22.4 Å². The smallest absolute Gasteiger partial charge is 0.0999 e. The van der Waals surface area contributed by atoms with Gasteiger partial charge < -0.3 is 4.74 Å². The zero-order chi connectivity index (χ0) is 10.0. The molecule has 0 radical (unpaired) electrons. The Bertz CT molecular complexity index is 341. The Morgan fingerprint density at radius 2 is 2.64 bits per heavy atom. The van der Waals surface area contributed by atoms with Crippen LogP contribution in [0.5, 0.6) is 0 Å². The summed E-state index contributed by atoms with van der Waals surface area (Å²) in [6.45, 7) is 2.12. The van der Waals surface area contributed by atoms with Gasteiger partial charge in [-0.3, -0.25) is 0 Å². The summed E-state index contributed by atoms with van der Waals surface area (Å²) in [7, 11) is 0. The van der Waals surface area contributed by atoms with Crippen molar-refractivity contribution in [1.29, 1.82) is 5.26 Å². The fourth-order valence-electron chi connectivity index (χ4n) is 1.93. The normalized spacial score (nSPS) is 31.6. The van der Waals surface area contributed by atoms with Gasteiger partial charge in [0, 0.05) is 4.88 Å². The molecule has 0 aromatic carbocycles. The van der Waals surface area contributed by atoms with E-state index in [1.165, 1.54) is 4.88 Å². The van der Waals surface area contributed by atoms with Crippen molar-refractivity contribution >= 4 is 11.3 Å². The summed E-state index contributed by atoms with van der Waals surface area (Å²) >= 11 is 1.73. The van der Waals surface area contributed by atoms with E-state index >= 15 is 0 Å². The molecule has 1 saturated heterocycles. The fourth-order valence-corrected chi connectivity index (χ4v) is 2.79. The Morgan fingerprint density at radius 3 is 3.29 bits per heavy atom. The Labute approximate surface area is 88.1 Å². The molecule has 2 atom stereocenters. The van der Waals surface area contributed by atoms with E-state index in [-0.39, 0.29) is 11.7 Å². The predicted molar refractivity (Wildman–Crippen MR) is 56.0 cm³/mol. The van der Waals surface area contributed by atoms with Crippen LogP contribution in [0, 0.1) is 11.3 Å². The van der Waals surface area contributed by atoms with Gasteiger partial charge in [0.05, 0.1) is 24.2 Å². The summed E-state index contributed by atoms with van der Waals surface area (Å²) in [6.07, 6.45) is 2.68. The van der Waals surface area contributed by atoms with Crippen molar-refractivity contribution in [2.45, 2.75) is 37.9 Å². The lowest BCUT2D eigenvalue weighted by atomic mass is 10.0. The molecule has 2 unspecified atom stereocenters. The zero-order valence-corrected chi connectivity index (χ0v) is 9.01. The van der Waals surface area contributed by atoms with E-state index in [4.69, 9.17) is 10.00 Å². The molecule has 2 heterocycles. The van der Waals surface area contributed by atoms with Gasteiger partial charge >= 0.3 is 0 Å². The second-order valence-corrected chi connectivity index (χ2v) is 4.80. The maximum Gasteiger partial charge on any atom is 0.0999 e. The number of rotatable bonds is 2. The monoisotopic (exact) mass is 207 g/mol. The fraction of sp³-hybridized carbons (Fsp3) is 0.545. The van der Waals surface area contributed by atoms with Gasteiger partial charge in [0.1, 0.15) is 0 Å². The highest BCUT2D eigenvalue weighted by molar-refractivity contribution is 7.10. The first-order valence-electron chi connectivity index (χ1n) is 4.83. The van der Waals surface area contributed by atoms with Crippen molar-refractivity contribution in [3.63, 3.8) is 0 Å². The number of nitriles is 1. The highest BCUT2D eigenvalue weighted by Gasteiger charge is 2.37. The van der Waals surface area contributed by atoms with Crippen LogP contribution in [0.3, 0.4) is 0 Å². The molecule has 14 heavy (non-hydrogen) atoms. The van der Waals surface area contributed by atoms with Crippen LogP contribution < -0.4 is 0 Å². The van der Waals surface area contributed by atoms with E-state index in [9.17, 15) is 0 Å². The number of nitrogens with zero attached hydrogens (tertiary/aromatic N) is 1. The molecule has 2 rings (SSSR count). The van der Waals surface area contributed by atoms with Crippen LogP contribution >= 0.6 is 11.3 Å². The molecule has 3 heteroatoms. The van der Waals surface area contributed by atoms with Crippen molar-refractivity contribution < 1.29 is 4.74 Å².